The molecule has 0 bridgehead atoms. The molecule has 2 fully saturated rings. The molecule has 1 atom stereocenters. The second-order valence-electron chi connectivity index (χ2n) is 7.46. The highest BCUT2D eigenvalue weighted by atomic mass is 16.5. The molecule has 6 nitrogen and oxygen atoms in total. The van der Waals surface area contributed by atoms with E-state index in [4.69, 9.17) is 9.47 Å². The Morgan fingerprint density at radius 2 is 2.00 bits per heavy atom. The van der Waals surface area contributed by atoms with E-state index < -0.39 is 0 Å². The summed E-state index contributed by atoms with van der Waals surface area (Å²) < 4.78 is 11.3. The molecule has 0 aliphatic carbocycles. The zero-order valence-electron chi connectivity index (χ0n) is 17.0. The molecule has 0 spiro atoms. The Balaban J connectivity index is 1.55. The largest absolute Gasteiger partial charge is 0.381 e. The van der Waals surface area contributed by atoms with Crippen molar-refractivity contribution < 1.29 is 9.47 Å². The van der Waals surface area contributed by atoms with Crippen LogP contribution in [-0.2, 0) is 9.47 Å². The van der Waals surface area contributed by atoms with Crippen LogP contribution in [0.3, 0.4) is 0 Å². The van der Waals surface area contributed by atoms with Gasteiger partial charge in [-0.15, -0.1) is 0 Å². The topological polar surface area (TPSA) is 58.1 Å². The van der Waals surface area contributed by atoms with Gasteiger partial charge in [-0.1, -0.05) is 6.42 Å². The zero-order valence-corrected chi connectivity index (χ0v) is 17.0. The monoisotopic (exact) mass is 368 g/mol. The predicted molar refractivity (Wildman–Crippen MR) is 108 cm³/mol. The van der Waals surface area contributed by atoms with Crippen LogP contribution in [0.1, 0.15) is 58.8 Å². The summed E-state index contributed by atoms with van der Waals surface area (Å²) in [5, 5.41) is 6.81. The molecule has 0 amide bonds. The molecular weight excluding hydrogens is 328 g/mol. The van der Waals surface area contributed by atoms with Crippen molar-refractivity contribution in [3.05, 3.63) is 0 Å². The third-order valence-corrected chi connectivity index (χ3v) is 5.29. The van der Waals surface area contributed by atoms with E-state index in [1.165, 1.54) is 38.8 Å². The fourth-order valence-electron chi connectivity index (χ4n) is 3.67. The molecule has 1 unspecified atom stereocenters. The quantitative estimate of drug-likeness (QED) is 0.352. The summed E-state index contributed by atoms with van der Waals surface area (Å²) in [4.78, 5) is 7.30. The highest BCUT2D eigenvalue weighted by Crippen LogP contribution is 2.16. The predicted octanol–water partition coefficient (Wildman–Crippen LogP) is 2.39. The van der Waals surface area contributed by atoms with Gasteiger partial charge in [0.25, 0.3) is 0 Å². The lowest BCUT2D eigenvalue weighted by Gasteiger charge is -2.33. The molecule has 2 aliphatic rings. The van der Waals surface area contributed by atoms with E-state index in [-0.39, 0.29) is 0 Å². The zero-order chi connectivity index (χ0) is 18.5. The molecule has 0 saturated carbocycles. The minimum absolute atomic E-state index is 0.385. The lowest BCUT2D eigenvalue weighted by molar-refractivity contribution is -0.0318. The average molecular weight is 369 g/mol. The van der Waals surface area contributed by atoms with Gasteiger partial charge in [-0.25, -0.2) is 0 Å². The molecule has 2 rings (SSSR count). The van der Waals surface area contributed by atoms with Crippen LogP contribution in [0.5, 0.6) is 0 Å². The van der Waals surface area contributed by atoms with Gasteiger partial charge in [0.05, 0.1) is 6.10 Å². The Bertz CT molecular complexity index is 386. The third kappa shape index (κ3) is 8.69. The molecule has 6 heteroatoms. The molecule has 152 valence electrons. The van der Waals surface area contributed by atoms with Crippen LogP contribution in [0.2, 0.25) is 0 Å². The summed E-state index contributed by atoms with van der Waals surface area (Å²) in [6, 6.07) is 0.751. The molecule has 0 aromatic rings. The number of hydrogen-bond donors (Lipinski definition) is 2. The number of piperidine rings is 1. The molecule has 2 aliphatic heterocycles. The standard InChI is InChI=1S/C20H40N4O2/c1-3-21-20(22-11-6-14-24-13-5-4-8-18(24)2)23-12-7-15-26-19-9-16-25-17-10-19/h18-19H,3-17H2,1-2H3,(H2,21,22,23). The fourth-order valence-corrected chi connectivity index (χ4v) is 3.67. The van der Waals surface area contributed by atoms with Crippen molar-refractivity contribution in [1.82, 2.24) is 15.5 Å². The van der Waals surface area contributed by atoms with Crippen molar-refractivity contribution >= 4 is 5.96 Å². The number of ether oxygens (including phenoxy) is 2. The fraction of sp³-hybridized carbons (Fsp3) is 0.950. The Hall–Kier alpha value is -0.850. The summed E-state index contributed by atoms with van der Waals surface area (Å²) in [5.41, 5.74) is 0. The highest BCUT2D eigenvalue weighted by Gasteiger charge is 2.17. The Labute approximate surface area is 160 Å². The first-order valence-electron chi connectivity index (χ1n) is 10.7. The van der Waals surface area contributed by atoms with E-state index in [9.17, 15) is 0 Å². The van der Waals surface area contributed by atoms with Crippen molar-refractivity contribution in [3.63, 3.8) is 0 Å². The van der Waals surface area contributed by atoms with Crippen LogP contribution in [0, 0.1) is 0 Å². The van der Waals surface area contributed by atoms with Crippen LogP contribution in [0.15, 0.2) is 4.99 Å². The highest BCUT2D eigenvalue weighted by molar-refractivity contribution is 5.79. The maximum atomic E-state index is 5.90. The van der Waals surface area contributed by atoms with Crippen LogP contribution in [0.4, 0.5) is 0 Å². The maximum Gasteiger partial charge on any atom is 0.191 e. The van der Waals surface area contributed by atoms with Crippen molar-refractivity contribution in [3.8, 4) is 0 Å². The van der Waals surface area contributed by atoms with E-state index in [2.05, 4.69) is 34.4 Å². The van der Waals surface area contributed by atoms with E-state index in [0.717, 1.165) is 70.7 Å². The molecule has 0 aromatic heterocycles. The van der Waals surface area contributed by atoms with E-state index in [0.29, 0.717) is 6.10 Å². The lowest BCUT2D eigenvalue weighted by Crippen LogP contribution is -2.41. The van der Waals surface area contributed by atoms with Gasteiger partial charge in [0, 0.05) is 52.0 Å². The average Bonchev–Trinajstić information content (AvgIpc) is 2.67. The minimum atomic E-state index is 0.385. The molecule has 2 N–H and O–H groups in total. The van der Waals surface area contributed by atoms with Gasteiger partial charge in [0.15, 0.2) is 5.96 Å². The van der Waals surface area contributed by atoms with E-state index in [1.54, 1.807) is 0 Å². The first kappa shape index (κ1) is 21.5. The first-order valence-corrected chi connectivity index (χ1v) is 10.7. The SMILES string of the molecule is CCNC(=NCCCOC1CCOCC1)NCCCN1CCCCC1C. The smallest absolute Gasteiger partial charge is 0.191 e. The van der Waals surface area contributed by atoms with Gasteiger partial charge in [0.1, 0.15) is 0 Å². The number of likely N-dealkylation sites (tertiary alicyclic amines) is 1. The number of rotatable bonds is 10. The molecule has 26 heavy (non-hydrogen) atoms. The summed E-state index contributed by atoms with van der Waals surface area (Å²) >= 11 is 0. The first-order chi connectivity index (χ1) is 12.8. The normalized spacial score (nSPS) is 23.2. The molecule has 0 radical (unpaired) electrons. The maximum absolute atomic E-state index is 5.90. The van der Waals surface area contributed by atoms with Gasteiger partial charge in [-0.3, -0.25) is 4.99 Å². The van der Waals surface area contributed by atoms with Crippen LogP contribution in [0.25, 0.3) is 0 Å². The summed E-state index contributed by atoms with van der Waals surface area (Å²) in [6.45, 7) is 12.1. The van der Waals surface area contributed by atoms with Crippen LogP contribution < -0.4 is 10.6 Å². The van der Waals surface area contributed by atoms with Crippen molar-refractivity contribution in [2.45, 2.75) is 70.9 Å². The van der Waals surface area contributed by atoms with Gasteiger partial charge in [-0.2, -0.15) is 0 Å². The molecule has 2 saturated heterocycles. The molecular formula is C20H40N4O2. The lowest BCUT2D eigenvalue weighted by atomic mass is 10.0. The number of aliphatic imine (C=N–C) groups is 1. The Morgan fingerprint density at radius 1 is 1.15 bits per heavy atom. The Kier molecular flexibility index (Phi) is 11.0. The minimum Gasteiger partial charge on any atom is -0.381 e. The summed E-state index contributed by atoms with van der Waals surface area (Å²) in [7, 11) is 0. The molecule has 0 aromatic carbocycles. The van der Waals surface area contributed by atoms with Gasteiger partial charge >= 0.3 is 0 Å². The second-order valence-corrected chi connectivity index (χ2v) is 7.46. The van der Waals surface area contributed by atoms with Crippen molar-refractivity contribution in [2.75, 3.05) is 52.5 Å². The van der Waals surface area contributed by atoms with Gasteiger partial charge in [0.2, 0.25) is 0 Å². The van der Waals surface area contributed by atoms with Crippen molar-refractivity contribution in [1.29, 1.82) is 0 Å². The molecule has 2 heterocycles. The second kappa shape index (κ2) is 13.3. The number of nitrogens with zero attached hydrogens (tertiary/aromatic N) is 2. The number of nitrogens with one attached hydrogen (secondary N) is 2. The number of guanidine groups is 1. The van der Waals surface area contributed by atoms with Crippen LogP contribution >= 0.6 is 0 Å². The van der Waals surface area contributed by atoms with Gasteiger partial charge < -0.3 is 25.0 Å². The van der Waals surface area contributed by atoms with Crippen LogP contribution in [-0.4, -0.2) is 75.5 Å². The summed E-state index contributed by atoms with van der Waals surface area (Å²) in [5.74, 6) is 0.935. The van der Waals surface area contributed by atoms with Gasteiger partial charge in [-0.05, 0) is 58.9 Å². The number of hydrogen-bond acceptors (Lipinski definition) is 4. The Morgan fingerprint density at radius 3 is 2.77 bits per heavy atom. The van der Waals surface area contributed by atoms with E-state index in [1.807, 2.05) is 0 Å². The van der Waals surface area contributed by atoms with E-state index >= 15 is 0 Å². The third-order valence-electron chi connectivity index (χ3n) is 5.29. The van der Waals surface area contributed by atoms with Crippen molar-refractivity contribution in [2.24, 2.45) is 4.99 Å². The summed E-state index contributed by atoms with van der Waals surface area (Å²) in [6.07, 6.45) is 8.69.